The maximum atomic E-state index is 5.07. The minimum atomic E-state index is 0.528. The second-order valence-electron chi connectivity index (χ2n) is 8.94. The van der Waals surface area contributed by atoms with Gasteiger partial charge in [-0.05, 0) is 63.3 Å². The molecule has 0 unspecified atom stereocenters. The topological polar surface area (TPSA) is 75.9 Å². The first-order valence-electron chi connectivity index (χ1n) is 11.4. The highest BCUT2D eigenvalue weighted by Gasteiger charge is 2.21. The number of rotatable bonds is 3. The van der Waals surface area contributed by atoms with E-state index in [2.05, 4.69) is 73.7 Å². The molecule has 5 heterocycles. The van der Waals surface area contributed by atoms with Crippen LogP contribution in [-0.4, -0.2) is 71.4 Å². The first kappa shape index (κ1) is 18.8. The molecule has 2 aliphatic heterocycles. The summed E-state index contributed by atoms with van der Waals surface area (Å²) in [5.74, 6) is 0.528. The molecule has 0 spiro atoms. The molecule has 6 rings (SSSR count). The number of H-pyrrole nitrogens is 2. The number of piperidine rings is 1. The van der Waals surface area contributed by atoms with Crippen LogP contribution in [-0.2, 0) is 0 Å². The molecule has 0 amide bonds. The van der Waals surface area contributed by atoms with E-state index >= 15 is 0 Å². The summed E-state index contributed by atoms with van der Waals surface area (Å²) in [6.45, 7) is 6.45. The summed E-state index contributed by atoms with van der Waals surface area (Å²) in [4.78, 5) is 13.6. The summed E-state index contributed by atoms with van der Waals surface area (Å²) in [5.41, 5.74) is 7.53. The van der Waals surface area contributed by atoms with E-state index in [0.717, 1.165) is 80.0 Å². The van der Waals surface area contributed by atoms with Crippen LogP contribution >= 0.6 is 0 Å². The highest BCUT2D eigenvalue weighted by atomic mass is 15.2. The number of aromatic amines is 2. The molecule has 160 valence electrons. The quantitative estimate of drug-likeness (QED) is 0.479. The molecule has 3 aromatic heterocycles. The number of likely N-dealkylation sites (N-methyl/N-ethyl adjacent to an activating group) is 1. The Morgan fingerprint density at radius 2 is 1.81 bits per heavy atom. The lowest BCUT2D eigenvalue weighted by Gasteiger charge is -2.34. The van der Waals surface area contributed by atoms with Gasteiger partial charge >= 0.3 is 0 Å². The molecule has 1 aromatic carbocycles. The molecular weight excluding hydrogens is 386 g/mol. The van der Waals surface area contributed by atoms with Crippen molar-refractivity contribution in [1.82, 2.24) is 30.4 Å². The average Bonchev–Trinajstić information content (AvgIpc) is 3.43. The van der Waals surface area contributed by atoms with Gasteiger partial charge in [-0.15, -0.1) is 0 Å². The summed E-state index contributed by atoms with van der Waals surface area (Å²) < 4.78 is 0. The summed E-state index contributed by atoms with van der Waals surface area (Å²) >= 11 is 0. The fourth-order valence-electron chi connectivity index (χ4n) is 5.04. The zero-order chi connectivity index (χ0) is 20.8. The van der Waals surface area contributed by atoms with Crippen molar-refractivity contribution in [3.05, 3.63) is 42.1 Å². The Bertz CT molecular complexity index is 1210. The molecule has 0 atom stereocenters. The van der Waals surface area contributed by atoms with Gasteiger partial charge in [-0.3, -0.25) is 5.10 Å². The number of anilines is 1. The van der Waals surface area contributed by atoms with Gasteiger partial charge in [0.2, 0.25) is 0 Å². The van der Waals surface area contributed by atoms with Gasteiger partial charge in [0.05, 0.1) is 11.2 Å². The van der Waals surface area contributed by atoms with E-state index in [1.807, 2.05) is 0 Å². The molecule has 0 aliphatic carbocycles. The minimum absolute atomic E-state index is 0.528. The van der Waals surface area contributed by atoms with Crippen LogP contribution in [0.2, 0.25) is 0 Å². The summed E-state index contributed by atoms with van der Waals surface area (Å²) in [7, 11) is 2.19. The van der Waals surface area contributed by atoms with E-state index in [4.69, 9.17) is 4.98 Å². The van der Waals surface area contributed by atoms with E-state index < -0.39 is 0 Å². The van der Waals surface area contributed by atoms with Gasteiger partial charge in [0.25, 0.3) is 0 Å². The fraction of sp³-hybridized carbons (Fsp3) is 0.417. The highest BCUT2D eigenvalue weighted by Crippen LogP contribution is 2.34. The van der Waals surface area contributed by atoms with Crippen molar-refractivity contribution in [3.63, 3.8) is 0 Å². The van der Waals surface area contributed by atoms with Crippen LogP contribution in [0.3, 0.4) is 0 Å². The summed E-state index contributed by atoms with van der Waals surface area (Å²) in [6, 6.07) is 13.1. The second-order valence-corrected chi connectivity index (χ2v) is 8.94. The van der Waals surface area contributed by atoms with Crippen molar-refractivity contribution in [2.24, 2.45) is 0 Å². The number of fused-ring (bicyclic) bond motifs is 2. The second kappa shape index (κ2) is 7.66. The van der Waals surface area contributed by atoms with Crippen LogP contribution < -0.4 is 10.2 Å². The Balaban J connectivity index is 1.40. The average molecular weight is 416 g/mol. The van der Waals surface area contributed by atoms with Crippen LogP contribution in [0.5, 0.6) is 0 Å². The van der Waals surface area contributed by atoms with Crippen molar-refractivity contribution >= 4 is 27.6 Å². The summed E-state index contributed by atoms with van der Waals surface area (Å²) in [5, 5.41) is 12.5. The Hall–Kier alpha value is -2.90. The highest BCUT2D eigenvalue weighted by molar-refractivity contribution is 5.99. The van der Waals surface area contributed by atoms with Crippen LogP contribution in [0.4, 0.5) is 5.69 Å². The SMILES string of the molecule is CN1CCN(c2cccc3[nH]c(-c4n[nH]c5ccc(C6CCNCC6)nc45)cc23)CC1. The van der Waals surface area contributed by atoms with Gasteiger partial charge in [-0.2, -0.15) is 5.10 Å². The van der Waals surface area contributed by atoms with Crippen LogP contribution in [0.1, 0.15) is 24.5 Å². The van der Waals surface area contributed by atoms with Crippen molar-refractivity contribution in [1.29, 1.82) is 0 Å². The monoisotopic (exact) mass is 415 g/mol. The van der Waals surface area contributed by atoms with Gasteiger partial charge in [0, 0.05) is 54.4 Å². The zero-order valence-electron chi connectivity index (χ0n) is 18.0. The predicted octanol–water partition coefficient (Wildman–Crippen LogP) is 3.33. The smallest absolute Gasteiger partial charge is 0.135 e. The van der Waals surface area contributed by atoms with Crippen LogP contribution in [0.15, 0.2) is 36.4 Å². The fourth-order valence-corrected chi connectivity index (χ4v) is 5.04. The number of aromatic nitrogens is 4. The van der Waals surface area contributed by atoms with E-state index in [1.54, 1.807) is 0 Å². The van der Waals surface area contributed by atoms with Crippen molar-refractivity contribution < 1.29 is 0 Å². The number of piperazine rings is 1. The van der Waals surface area contributed by atoms with Gasteiger partial charge < -0.3 is 20.1 Å². The molecule has 3 N–H and O–H groups in total. The number of nitrogens with one attached hydrogen (secondary N) is 3. The standard InChI is InChI=1S/C24H29N7/c1-30-11-13-31(14-12-30)22-4-2-3-19-17(22)15-21(26-19)24-23-20(28-29-24)6-5-18(27-23)16-7-9-25-10-8-16/h2-6,15-16,25-26H,7-14H2,1H3,(H,28,29). The van der Waals surface area contributed by atoms with Gasteiger partial charge in [0.15, 0.2) is 0 Å². The lowest BCUT2D eigenvalue weighted by atomic mass is 9.94. The lowest BCUT2D eigenvalue weighted by Crippen LogP contribution is -2.44. The molecular formula is C24H29N7. The predicted molar refractivity (Wildman–Crippen MR) is 126 cm³/mol. The Labute approximate surface area is 181 Å². The number of benzene rings is 1. The van der Waals surface area contributed by atoms with Crippen LogP contribution in [0, 0.1) is 0 Å². The van der Waals surface area contributed by atoms with Crippen molar-refractivity contribution in [2.75, 3.05) is 51.2 Å². The van der Waals surface area contributed by atoms with Gasteiger partial charge in [0.1, 0.15) is 11.2 Å². The molecule has 2 saturated heterocycles. The maximum Gasteiger partial charge on any atom is 0.135 e. The van der Waals surface area contributed by atoms with E-state index in [-0.39, 0.29) is 0 Å². The molecule has 0 bridgehead atoms. The first-order chi connectivity index (χ1) is 15.3. The number of pyridine rings is 1. The Morgan fingerprint density at radius 3 is 2.65 bits per heavy atom. The van der Waals surface area contributed by atoms with E-state index in [9.17, 15) is 0 Å². The third-order valence-electron chi connectivity index (χ3n) is 6.93. The van der Waals surface area contributed by atoms with Crippen molar-refractivity contribution in [2.45, 2.75) is 18.8 Å². The summed E-state index contributed by atoms with van der Waals surface area (Å²) in [6.07, 6.45) is 2.29. The van der Waals surface area contributed by atoms with Gasteiger partial charge in [-0.25, -0.2) is 4.98 Å². The molecule has 31 heavy (non-hydrogen) atoms. The van der Waals surface area contributed by atoms with Gasteiger partial charge in [-0.1, -0.05) is 6.07 Å². The zero-order valence-corrected chi connectivity index (χ0v) is 18.0. The van der Waals surface area contributed by atoms with Crippen molar-refractivity contribution in [3.8, 4) is 11.4 Å². The third kappa shape index (κ3) is 3.38. The molecule has 4 aromatic rings. The largest absolute Gasteiger partial charge is 0.368 e. The molecule has 0 radical (unpaired) electrons. The van der Waals surface area contributed by atoms with E-state index in [0.29, 0.717) is 5.92 Å². The van der Waals surface area contributed by atoms with Crippen LogP contribution in [0.25, 0.3) is 33.3 Å². The molecule has 0 saturated carbocycles. The number of nitrogens with zero attached hydrogens (tertiary/aromatic N) is 4. The number of hydrogen-bond donors (Lipinski definition) is 3. The Morgan fingerprint density at radius 1 is 0.968 bits per heavy atom. The molecule has 2 aliphatic rings. The molecule has 2 fully saturated rings. The molecule has 7 nitrogen and oxygen atoms in total. The lowest BCUT2D eigenvalue weighted by molar-refractivity contribution is 0.313. The number of hydrogen-bond acceptors (Lipinski definition) is 5. The minimum Gasteiger partial charge on any atom is -0.368 e. The normalized spacial score (nSPS) is 18.9. The molecule has 7 heteroatoms. The third-order valence-corrected chi connectivity index (χ3v) is 6.93. The first-order valence-corrected chi connectivity index (χ1v) is 11.4. The van der Waals surface area contributed by atoms with E-state index in [1.165, 1.54) is 16.8 Å². The maximum absolute atomic E-state index is 5.07. The Kier molecular flexibility index (Phi) is 4.65.